The van der Waals surface area contributed by atoms with E-state index in [4.69, 9.17) is 4.74 Å². The molecule has 0 bridgehead atoms. The van der Waals surface area contributed by atoms with E-state index in [1.807, 2.05) is 0 Å². The first kappa shape index (κ1) is 9.52. The van der Waals surface area contributed by atoms with Crippen molar-refractivity contribution < 1.29 is 9.53 Å². The Bertz CT molecular complexity index is 157. The smallest absolute Gasteiger partial charge is 0.222 e. The summed E-state index contributed by atoms with van der Waals surface area (Å²) in [4.78, 5) is 10.8. The molecule has 0 aromatic carbocycles. The predicted molar refractivity (Wildman–Crippen MR) is 46.6 cm³/mol. The van der Waals surface area contributed by atoms with E-state index in [9.17, 15) is 4.79 Å². The summed E-state index contributed by atoms with van der Waals surface area (Å²) in [6.07, 6.45) is 2.49. The second-order valence-electron chi connectivity index (χ2n) is 3.65. The summed E-state index contributed by atoms with van der Waals surface area (Å²) in [7, 11) is 0. The standard InChI is InChI=1S/C9H17NO2/c1-7(2)5-6-12-9-4-3-8(11)10-9/h7,9H,3-6H2,1-2H3,(H,10,11). The second kappa shape index (κ2) is 4.45. The van der Waals surface area contributed by atoms with Crippen LogP contribution in [0.1, 0.15) is 33.1 Å². The van der Waals surface area contributed by atoms with E-state index in [0.717, 1.165) is 19.4 Å². The van der Waals surface area contributed by atoms with Crippen molar-refractivity contribution in [2.24, 2.45) is 5.92 Å². The molecule has 0 aromatic rings. The SMILES string of the molecule is CC(C)CCOC1CCC(=O)N1. The van der Waals surface area contributed by atoms with Crippen LogP contribution >= 0.6 is 0 Å². The lowest BCUT2D eigenvalue weighted by Gasteiger charge is -2.12. The molecule has 0 spiro atoms. The summed E-state index contributed by atoms with van der Waals surface area (Å²) in [6.45, 7) is 5.08. The first-order valence-corrected chi connectivity index (χ1v) is 4.59. The number of nitrogens with one attached hydrogen (secondary N) is 1. The number of ether oxygens (including phenoxy) is 1. The lowest BCUT2D eigenvalue weighted by molar-refractivity contribution is -0.120. The van der Waals surface area contributed by atoms with Gasteiger partial charge in [0.25, 0.3) is 0 Å². The monoisotopic (exact) mass is 171 g/mol. The van der Waals surface area contributed by atoms with Gasteiger partial charge in [0.1, 0.15) is 6.23 Å². The zero-order valence-corrected chi connectivity index (χ0v) is 7.80. The van der Waals surface area contributed by atoms with E-state index in [1.165, 1.54) is 0 Å². The van der Waals surface area contributed by atoms with Gasteiger partial charge in [-0.2, -0.15) is 0 Å². The van der Waals surface area contributed by atoms with Gasteiger partial charge in [0.2, 0.25) is 5.91 Å². The van der Waals surface area contributed by atoms with E-state index in [2.05, 4.69) is 19.2 Å². The van der Waals surface area contributed by atoms with Crippen molar-refractivity contribution in [3.05, 3.63) is 0 Å². The van der Waals surface area contributed by atoms with Gasteiger partial charge in [-0.1, -0.05) is 13.8 Å². The van der Waals surface area contributed by atoms with Crippen molar-refractivity contribution in [2.45, 2.75) is 39.3 Å². The van der Waals surface area contributed by atoms with Gasteiger partial charge in [-0.05, 0) is 12.3 Å². The van der Waals surface area contributed by atoms with Crippen LogP contribution in [-0.2, 0) is 9.53 Å². The summed E-state index contributed by atoms with van der Waals surface area (Å²) >= 11 is 0. The quantitative estimate of drug-likeness (QED) is 0.692. The van der Waals surface area contributed by atoms with Crippen molar-refractivity contribution in [3.8, 4) is 0 Å². The molecule has 0 aromatic heterocycles. The molecule has 70 valence electrons. The molecule has 3 heteroatoms. The highest BCUT2D eigenvalue weighted by Crippen LogP contribution is 2.09. The Balaban J connectivity index is 2.04. The molecule has 1 atom stereocenters. The molecular formula is C9H17NO2. The summed E-state index contributed by atoms with van der Waals surface area (Å²) in [5.41, 5.74) is 0. The average Bonchev–Trinajstić information content (AvgIpc) is 2.35. The molecule has 1 unspecified atom stereocenters. The number of rotatable bonds is 4. The zero-order valence-electron chi connectivity index (χ0n) is 7.80. The highest BCUT2D eigenvalue weighted by molar-refractivity contribution is 5.78. The summed E-state index contributed by atoms with van der Waals surface area (Å²) in [5.74, 6) is 0.784. The highest BCUT2D eigenvalue weighted by atomic mass is 16.5. The van der Waals surface area contributed by atoms with Crippen LogP contribution in [0.2, 0.25) is 0 Å². The first-order valence-electron chi connectivity index (χ1n) is 4.59. The molecule has 1 rings (SSSR count). The third kappa shape index (κ3) is 3.22. The van der Waals surface area contributed by atoms with Crippen LogP contribution < -0.4 is 5.32 Å². The minimum Gasteiger partial charge on any atom is -0.358 e. The van der Waals surface area contributed by atoms with Gasteiger partial charge in [-0.15, -0.1) is 0 Å². The lowest BCUT2D eigenvalue weighted by atomic mass is 10.1. The number of carbonyl (C=O) groups is 1. The van der Waals surface area contributed by atoms with Crippen LogP contribution in [0.4, 0.5) is 0 Å². The number of hydrogen-bond donors (Lipinski definition) is 1. The summed E-state index contributed by atoms with van der Waals surface area (Å²) in [5, 5.41) is 2.77. The molecule has 0 radical (unpaired) electrons. The molecule has 1 N–H and O–H groups in total. The van der Waals surface area contributed by atoms with E-state index in [0.29, 0.717) is 12.3 Å². The van der Waals surface area contributed by atoms with E-state index in [-0.39, 0.29) is 12.1 Å². The Kier molecular flexibility index (Phi) is 3.53. The third-order valence-corrected chi connectivity index (χ3v) is 1.97. The third-order valence-electron chi connectivity index (χ3n) is 1.97. The first-order chi connectivity index (χ1) is 5.68. The van der Waals surface area contributed by atoms with E-state index < -0.39 is 0 Å². The minimum absolute atomic E-state index is 0.0174. The molecule has 0 saturated carbocycles. The number of amides is 1. The van der Waals surface area contributed by atoms with Gasteiger partial charge in [-0.25, -0.2) is 0 Å². The van der Waals surface area contributed by atoms with Crippen molar-refractivity contribution in [2.75, 3.05) is 6.61 Å². The second-order valence-corrected chi connectivity index (χ2v) is 3.65. The normalized spacial score (nSPS) is 23.2. The number of hydrogen-bond acceptors (Lipinski definition) is 2. The fourth-order valence-electron chi connectivity index (χ4n) is 1.16. The maximum absolute atomic E-state index is 10.8. The van der Waals surface area contributed by atoms with Crippen LogP contribution in [0.3, 0.4) is 0 Å². The molecule has 3 nitrogen and oxygen atoms in total. The van der Waals surface area contributed by atoms with Crippen molar-refractivity contribution >= 4 is 5.91 Å². The molecule has 1 fully saturated rings. The molecule has 1 aliphatic rings. The largest absolute Gasteiger partial charge is 0.358 e. The van der Waals surface area contributed by atoms with Gasteiger partial charge in [0.15, 0.2) is 0 Å². The number of carbonyl (C=O) groups excluding carboxylic acids is 1. The molecule has 1 saturated heterocycles. The highest BCUT2D eigenvalue weighted by Gasteiger charge is 2.20. The van der Waals surface area contributed by atoms with E-state index in [1.54, 1.807) is 0 Å². The Morgan fingerprint density at radius 2 is 2.42 bits per heavy atom. The van der Waals surface area contributed by atoms with Gasteiger partial charge in [0.05, 0.1) is 0 Å². The lowest BCUT2D eigenvalue weighted by Crippen LogP contribution is -2.28. The maximum Gasteiger partial charge on any atom is 0.222 e. The fraction of sp³-hybridized carbons (Fsp3) is 0.889. The van der Waals surface area contributed by atoms with Crippen LogP contribution in [-0.4, -0.2) is 18.7 Å². The van der Waals surface area contributed by atoms with Gasteiger partial charge in [-0.3, -0.25) is 4.79 Å². The Morgan fingerprint density at radius 1 is 1.67 bits per heavy atom. The van der Waals surface area contributed by atoms with Crippen molar-refractivity contribution in [1.29, 1.82) is 0 Å². The van der Waals surface area contributed by atoms with E-state index >= 15 is 0 Å². The average molecular weight is 171 g/mol. The van der Waals surface area contributed by atoms with Gasteiger partial charge >= 0.3 is 0 Å². The molecular weight excluding hydrogens is 154 g/mol. The van der Waals surface area contributed by atoms with Crippen LogP contribution in [0.15, 0.2) is 0 Å². The fourth-order valence-corrected chi connectivity index (χ4v) is 1.16. The predicted octanol–water partition coefficient (Wildman–Crippen LogP) is 1.29. The Morgan fingerprint density at radius 3 is 2.92 bits per heavy atom. The van der Waals surface area contributed by atoms with Crippen LogP contribution in [0, 0.1) is 5.92 Å². The molecule has 1 heterocycles. The van der Waals surface area contributed by atoms with Crippen LogP contribution in [0.25, 0.3) is 0 Å². The maximum atomic E-state index is 10.8. The molecule has 1 amide bonds. The topological polar surface area (TPSA) is 38.3 Å². The van der Waals surface area contributed by atoms with Gasteiger partial charge in [0, 0.05) is 19.4 Å². The zero-order chi connectivity index (χ0) is 8.97. The molecule has 12 heavy (non-hydrogen) atoms. The summed E-state index contributed by atoms with van der Waals surface area (Å²) < 4.78 is 5.45. The molecule has 1 aliphatic heterocycles. The summed E-state index contributed by atoms with van der Waals surface area (Å²) in [6, 6.07) is 0. The van der Waals surface area contributed by atoms with Crippen molar-refractivity contribution in [1.82, 2.24) is 5.32 Å². The minimum atomic E-state index is -0.0174. The Hall–Kier alpha value is -0.570. The van der Waals surface area contributed by atoms with Gasteiger partial charge < -0.3 is 10.1 Å². The molecule has 0 aliphatic carbocycles. The Labute approximate surface area is 73.5 Å². The van der Waals surface area contributed by atoms with Crippen molar-refractivity contribution in [3.63, 3.8) is 0 Å². The van der Waals surface area contributed by atoms with Crippen LogP contribution in [0.5, 0.6) is 0 Å².